The van der Waals surface area contributed by atoms with Crippen molar-refractivity contribution >= 4 is 32.8 Å². The number of rotatable bonds is 12. The smallest absolute Gasteiger partial charge is 0.269 e. The van der Waals surface area contributed by atoms with Crippen molar-refractivity contribution in [2.75, 3.05) is 0 Å². The Morgan fingerprint density at radius 2 is 1.14 bits per heavy atom. The van der Waals surface area contributed by atoms with Gasteiger partial charge in [-0.15, -0.1) is 0 Å². The Kier molecular flexibility index (Phi) is 9.89. The molecule has 3 heterocycles. The Bertz CT molecular complexity index is 4830. The molecule has 3 aromatic heterocycles. The molecule has 0 amide bonds. The second kappa shape index (κ2) is 20.1. The highest BCUT2D eigenvalue weighted by atomic mass is 16.5. The molecule has 0 saturated carbocycles. The van der Waals surface area contributed by atoms with Gasteiger partial charge in [-0.3, -0.25) is 13.7 Å². The SMILES string of the molecule is [2H]c1c([2H])c([2H])c(-c2cccc(-c3c([2H])c([2H])c([2H])c([2H])c3[2H])c2-[n+]2[c-]n(-c3cccc(Oc4ccc5c6cc(-c7ccccc7)ccc6n(-c6cc(CC(C)(C)c7ccccc7)c(-c7ccc(C(C)(C)C)cc7)cn6)c5c4)c3)c3ccccc32)c([2H])c1[2H]. The maximum atomic E-state index is 9.12. The fraction of sp³-hybridized carbons (Fsp3) is 0.108. The summed E-state index contributed by atoms with van der Waals surface area (Å²) in [7, 11) is 0. The standard InChI is InChI=1S/C74H60N4O/c1-73(2,3)57-39-36-54(37-40-57)66-49-75-71(45-56(66)48-74(4,5)58-28-16-9-17-29-58)78-67-43-38-55(51-22-10-6-11-23-51)44-65(67)64-42-41-61(47-70(64)78)79-60-31-20-30-59(46-60)76-50-77(69-35-19-18-34-68(69)76)72-62(52-24-12-7-13-25-52)32-21-33-63(72)53-26-14-8-15-27-53/h6-47,49H,48H2,1-5H3/i7D,8D,12D,13D,14D,15D,24D,25D,26D,27D. The number of hydrogen-bond acceptors (Lipinski definition) is 2. The summed E-state index contributed by atoms with van der Waals surface area (Å²) in [5.74, 6) is 1.82. The summed E-state index contributed by atoms with van der Waals surface area (Å²) in [6.45, 7) is 11.3. The van der Waals surface area contributed by atoms with E-state index in [2.05, 4.69) is 149 Å². The predicted molar refractivity (Wildman–Crippen MR) is 326 cm³/mol. The van der Waals surface area contributed by atoms with Crippen LogP contribution in [0.1, 0.15) is 65.0 Å². The molecule has 0 spiro atoms. The van der Waals surface area contributed by atoms with Gasteiger partial charge in [0.15, 0.2) is 0 Å². The lowest BCUT2D eigenvalue weighted by molar-refractivity contribution is -0.571. The van der Waals surface area contributed by atoms with Gasteiger partial charge in [-0.1, -0.05) is 235 Å². The van der Waals surface area contributed by atoms with Gasteiger partial charge in [0.2, 0.25) is 0 Å². The van der Waals surface area contributed by atoms with Crippen LogP contribution in [0, 0.1) is 6.33 Å². The van der Waals surface area contributed by atoms with E-state index >= 15 is 0 Å². The first-order valence-electron chi connectivity index (χ1n) is 31.5. The lowest BCUT2D eigenvalue weighted by atomic mass is 9.78. The summed E-state index contributed by atoms with van der Waals surface area (Å²) in [6.07, 6.45) is 6.25. The number of benzene rings is 10. The molecular formula is C74H60N4O. The topological polar surface area (TPSA) is 35.9 Å². The van der Waals surface area contributed by atoms with E-state index in [4.69, 9.17) is 23.4 Å². The predicted octanol–water partition coefficient (Wildman–Crippen LogP) is 18.5. The minimum atomic E-state index is -0.571. The highest BCUT2D eigenvalue weighted by Crippen LogP contribution is 2.41. The first-order valence-corrected chi connectivity index (χ1v) is 26.5. The maximum Gasteiger partial charge on any atom is 0.269 e. The molecule has 0 atom stereocenters. The van der Waals surface area contributed by atoms with Gasteiger partial charge in [0, 0.05) is 28.6 Å². The minimum absolute atomic E-state index is 0.00507. The number of para-hydroxylation sites is 3. The Hall–Kier alpha value is -9.58. The van der Waals surface area contributed by atoms with Gasteiger partial charge in [-0.2, -0.15) is 0 Å². The molecule has 0 aliphatic heterocycles. The zero-order valence-electron chi connectivity index (χ0n) is 54.5. The quantitative estimate of drug-likeness (QED) is 0.0903. The molecule has 79 heavy (non-hydrogen) atoms. The normalized spacial score (nSPS) is 13.7. The van der Waals surface area contributed by atoms with E-state index in [-0.39, 0.29) is 38.8 Å². The Balaban J connectivity index is 0.958. The van der Waals surface area contributed by atoms with Crippen LogP contribution in [0.15, 0.2) is 261 Å². The van der Waals surface area contributed by atoms with Crippen molar-refractivity contribution in [1.82, 2.24) is 14.1 Å². The molecule has 5 nitrogen and oxygen atoms in total. The highest BCUT2D eigenvalue weighted by molar-refractivity contribution is 6.10. The summed E-state index contributed by atoms with van der Waals surface area (Å²) >= 11 is 0. The average Bonchev–Trinajstić information content (AvgIpc) is 1.74. The Labute approximate surface area is 477 Å². The molecule has 382 valence electrons. The molecule has 0 radical (unpaired) electrons. The number of ether oxygens (including phenoxy) is 1. The summed E-state index contributed by atoms with van der Waals surface area (Å²) in [5, 5.41) is 2.06. The second-order valence-electron chi connectivity index (χ2n) is 21.6. The fourth-order valence-electron chi connectivity index (χ4n) is 10.9. The summed E-state index contributed by atoms with van der Waals surface area (Å²) in [6, 6.07) is 59.3. The molecule has 0 saturated heterocycles. The zero-order chi connectivity index (χ0) is 62.4. The van der Waals surface area contributed by atoms with Crippen LogP contribution in [-0.4, -0.2) is 14.1 Å². The van der Waals surface area contributed by atoms with Crippen LogP contribution in [-0.2, 0) is 17.3 Å². The summed E-state index contributed by atoms with van der Waals surface area (Å²) in [5.41, 5.74) is 11.7. The molecule has 0 aliphatic rings. The van der Waals surface area contributed by atoms with Crippen molar-refractivity contribution in [3.63, 3.8) is 0 Å². The van der Waals surface area contributed by atoms with E-state index in [0.717, 1.165) is 61.9 Å². The van der Waals surface area contributed by atoms with Crippen LogP contribution in [0.4, 0.5) is 0 Å². The van der Waals surface area contributed by atoms with Crippen molar-refractivity contribution in [2.45, 2.75) is 51.9 Å². The van der Waals surface area contributed by atoms with Crippen molar-refractivity contribution in [3.8, 4) is 73.2 Å². The zero-order valence-corrected chi connectivity index (χ0v) is 44.5. The first kappa shape index (κ1) is 38.9. The average molecular weight is 1030 g/mol. The van der Waals surface area contributed by atoms with Crippen molar-refractivity contribution in [3.05, 3.63) is 284 Å². The van der Waals surface area contributed by atoms with E-state index < -0.39 is 60.4 Å². The summed E-state index contributed by atoms with van der Waals surface area (Å²) in [4.78, 5) is 5.33. The molecule has 0 fully saturated rings. The number of nitrogens with zero attached hydrogens (tertiary/aromatic N) is 4. The lowest BCUT2D eigenvalue weighted by Crippen LogP contribution is -2.31. The number of fused-ring (bicyclic) bond motifs is 4. The molecule has 5 heteroatoms. The number of pyridine rings is 1. The first-order chi connectivity index (χ1) is 42.7. The number of imidazole rings is 1. The van der Waals surface area contributed by atoms with Crippen LogP contribution in [0.5, 0.6) is 11.5 Å². The van der Waals surface area contributed by atoms with Gasteiger partial charge in [0.1, 0.15) is 17.3 Å². The van der Waals surface area contributed by atoms with Gasteiger partial charge in [-0.25, -0.2) is 4.98 Å². The van der Waals surface area contributed by atoms with E-state index in [1.165, 1.54) is 11.1 Å². The van der Waals surface area contributed by atoms with Crippen molar-refractivity contribution < 1.29 is 23.0 Å². The van der Waals surface area contributed by atoms with E-state index in [0.29, 0.717) is 28.2 Å². The number of hydrogen-bond donors (Lipinski definition) is 0. The third-order valence-corrected chi connectivity index (χ3v) is 15.0. The molecule has 10 aromatic carbocycles. The van der Waals surface area contributed by atoms with Crippen molar-refractivity contribution in [2.24, 2.45) is 0 Å². The molecule has 0 N–H and O–H groups in total. The van der Waals surface area contributed by atoms with Gasteiger partial charge in [-0.05, 0) is 121 Å². The molecule has 0 bridgehead atoms. The fourth-order valence-corrected chi connectivity index (χ4v) is 10.9. The minimum Gasteiger partial charge on any atom is -0.458 e. The second-order valence-corrected chi connectivity index (χ2v) is 21.6. The van der Waals surface area contributed by atoms with Crippen LogP contribution in [0.25, 0.3) is 94.5 Å². The molecule has 13 rings (SSSR count). The van der Waals surface area contributed by atoms with Gasteiger partial charge < -0.3 is 4.74 Å². The van der Waals surface area contributed by atoms with E-state index in [1.54, 1.807) is 22.8 Å². The largest absolute Gasteiger partial charge is 0.458 e. The molecule has 0 aliphatic carbocycles. The third kappa shape index (κ3) is 9.38. The van der Waals surface area contributed by atoms with Gasteiger partial charge in [0.25, 0.3) is 6.33 Å². The van der Waals surface area contributed by atoms with Crippen LogP contribution >= 0.6 is 0 Å². The highest BCUT2D eigenvalue weighted by Gasteiger charge is 2.26. The summed E-state index contributed by atoms with van der Waals surface area (Å²) < 4.78 is 101. The van der Waals surface area contributed by atoms with Crippen LogP contribution < -0.4 is 9.30 Å². The van der Waals surface area contributed by atoms with Crippen LogP contribution in [0.2, 0.25) is 0 Å². The van der Waals surface area contributed by atoms with E-state index in [9.17, 15) is 0 Å². The van der Waals surface area contributed by atoms with E-state index in [1.807, 2.05) is 83.6 Å². The Morgan fingerprint density at radius 1 is 0.494 bits per heavy atom. The molecule has 0 unspecified atom stereocenters. The monoisotopic (exact) mass is 1030 g/mol. The Morgan fingerprint density at radius 3 is 1.85 bits per heavy atom. The van der Waals surface area contributed by atoms with Crippen molar-refractivity contribution in [1.29, 1.82) is 0 Å². The van der Waals surface area contributed by atoms with Gasteiger partial charge >= 0.3 is 0 Å². The maximum absolute atomic E-state index is 9.12. The van der Waals surface area contributed by atoms with Crippen LogP contribution in [0.3, 0.4) is 0 Å². The number of aromatic nitrogens is 4. The molecule has 13 aromatic rings. The lowest BCUT2D eigenvalue weighted by Gasteiger charge is -2.27. The molecular weight excluding hydrogens is 961 g/mol. The third-order valence-electron chi connectivity index (χ3n) is 15.0. The van der Waals surface area contributed by atoms with Gasteiger partial charge in [0.05, 0.1) is 47.1 Å².